The second-order valence-electron chi connectivity index (χ2n) is 7.99. The van der Waals surface area contributed by atoms with Crippen LogP contribution in [-0.2, 0) is 19.6 Å². The van der Waals surface area contributed by atoms with Crippen molar-refractivity contribution in [2.24, 2.45) is 0 Å². The van der Waals surface area contributed by atoms with Crippen LogP contribution < -0.4 is 10.0 Å². The number of carbonyl (C=O) groups is 2. The van der Waals surface area contributed by atoms with Gasteiger partial charge in [0.2, 0.25) is 21.8 Å². The fourth-order valence-corrected chi connectivity index (χ4v) is 6.59. The van der Waals surface area contributed by atoms with E-state index >= 15 is 0 Å². The predicted molar refractivity (Wildman–Crippen MR) is 112 cm³/mol. The highest BCUT2D eigenvalue weighted by molar-refractivity contribution is 8.01. The van der Waals surface area contributed by atoms with Gasteiger partial charge in [0.1, 0.15) is 0 Å². The minimum atomic E-state index is -3.66. The molecule has 7 nitrogen and oxygen atoms in total. The summed E-state index contributed by atoms with van der Waals surface area (Å²) in [5, 5.41) is 1.93. The highest BCUT2D eigenvalue weighted by Gasteiger charge is 2.37. The van der Waals surface area contributed by atoms with E-state index in [4.69, 9.17) is 0 Å². The SMILES string of the molecule is O=C1Nc2cc(S(=O)(=O)NC3CCCCCC3)ccc2S[C@H]1C(=O)N1CCCC1. The number of nitrogens with one attached hydrogen (secondary N) is 2. The molecule has 4 rings (SSSR count). The number of hydrogen-bond donors (Lipinski definition) is 2. The normalized spacial score (nSPS) is 23.4. The molecule has 9 heteroatoms. The van der Waals surface area contributed by atoms with E-state index in [1.165, 1.54) is 17.8 Å². The summed E-state index contributed by atoms with van der Waals surface area (Å²) in [6, 6.07) is 4.70. The van der Waals surface area contributed by atoms with Crippen LogP contribution in [0.15, 0.2) is 28.0 Å². The summed E-state index contributed by atoms with van der Waals surface area (Å²) in [5.74, 6) is -0.548. The molecule has 1 aliphatic carbocycles. The second kappa shape index (κ2) is 8.65. The first kappa shape index (κ1) is 20.7. The van der Waals surface area contributed by atoms with Crippen molar-refractivity contribution >= 4 is 39.3 Å². The van der Waals surface area contributed by atoms with Crippen LogP contribution in [0.4, 0.5) is 5.69 Å². The Morgan fingerprint density at radius 3 is 2.45 bits per heavy atom. The average molecular weight is 438 g/mol. The lowest BCUT2D eigenvalue weighted by atomic mass is 10.1. The molecular weight excluding hydrogens is 410 g/mol. The molecule has 1 atom stereocenters. The predicted octanol–water partition coefficient (Wildman–Crippen LogP) is 2.72. The van der Waals surface area contributed by atoms with Gasteiger partial charge in [0.25, 0.3) is 0 Å². The summed E-state index contributed by atoms with van der Waals surface area (Å²) in [6.45, 7) is 1.39. The summed E-state index contributed by atoms with van der Waals surface area (Å²) in [6.07, 6.45) is 8.03. The van der Waals surface area contributed by atoms with Gasteiger partial charge in [-0.2, -0.15) is 0 Å². The summed E-state index contributed by atoms with van der Waals surface area (Å²) >= 11 is 1.20. The molecule has 0 unspecified atom stereocenters. The van der Waals surface area contributed by atoms with E-state index in [0.717, 1.165) is 56.3 Å². The number of anilines is 1. The molecule has 1 aromatic rings. The number of amides is 2. The van der Waals surface area contributed by atoms with Crippen LogP contribution in [0, 0.1) is 0 Å². The highest BCUT2D eigenvalue weighted by atomic mass is 32.2. The number of likely N-dealkylation sites (tertiary alicyclic amines) is 1. The lowest BCUT2D eigenvalue weighted by molar-refractivity contribution is -0.133. The van der Waals surface area contributed by atoms with Crippen molar-refractivity contribution in [3.8, 4) is 0 Å². The van der Waals surface area contributed by atoms with E-state index < -0.39 is 15.3 Å². The van der Waals surface area contributed by atoms with Crippen molar-refractivity contribution in [1.82, 2.24) is 9.62 Å². The number of nitrogens with zero attached hydrogens (tertiary/aromatic N) is 1. The smallest absolute Gasteiger partial charge is 0.247 e. The summed E-state index contributed by atoms with van der Waals surface area (Å²) < 4.78 is 28.5. The Kier molecular flexibility index (Phi) is 6.17. The molecule has 0 aromatic heterocycles. The van der Waals surface area contributed by atoms with Gasteiger partial charge >= 0.3 is 0 Å². The molecule has 158 valence electrons. The topological polar surface area (TPSA) is 95.6 Å². The van der Waals surface area contributed by atoms with Crippen molar-refractivity contribution in [2.75, 3.05) is 18.4 Å². The minimum Gasteiger partial charge on any atom is -0.341 e. The number of carbonyl (C=O) groups excluding carboxylic acids is 2. The van der Waals surface area contributed by atoms with Crippen molar-refractivity contribution < 1.29 is 18.0 Å². The maximum absolute atomic E-state index is 12.8. The third-order valence-corrected chi connectivity index (χ3v) is 8.60. The second-order valence-corrected chi connectivity index (χ2v) is 10.8. The maximum Gasteiger partial charge on any atom is 0.247 e. The van der Waals surface area contributed by atoms with Crippen LogP contribution in [0.25, 0.3) is 0 Å². The summed E-state index contributed by atoms with van der Waals surface area (Å²) in [7, 11) is -3.66. The van der Waals surface area contributed by atoms with Gasteiger partial charge in [-0.05, 0) is 43.9 Å². The number of fused-ring (bicyclic) bond motifs is 1. The van der Waals surface area contributed by atoms with Crippen LogP contribution >= 0.6 is 11.8 Å². The molecule has 3 aliphatic rings. The van der Waals surface area contributed by atoms with Crippen LogP contribution in [0.3, 0.4) is 0 Å². The van der Waals surface area contributed by atoms with E-state index in [1.807, 2.05) is 0 Å². The van der Waals surface area contributed by atoms with Crippen LogP contribution in [0.1, 0.15) is 51.4 Å². The number of sulfonamides is 1. The van der Waals surface area contributed by atoms with Gasteiger partial charge in [0.15, 0.2) is 5.25 Å². The molecule has 0 spiro atoms. The molecular formula is C20H27N3O4S2. The van der Waals surface area contributed by atoms with Gasteiger partial charge in [-0.3, -0.25) is 9.59 Å². The lowest BCUT2D eigenvalue weighted by Gasteiger charge is -2.27. The standard InChI is InChI=1S/C20H27N3O4S2/c24-19-18(20(25)23-11-5-6-12-23)28-17-10-9-15(13-16(17)21-19)29(26,27)22-14-7-3-1-2-4-8-14/h9-10,13-14,18,22H,1-8,11-12H2,(H,21,24)/t18-/m1/s1. The van der Waals surface area contributed by atoms with Gasteiger partial charge < -0.3 is 10.2 Å². The van der Waals surface area contributed by atoms with Gasteiger partial charge in [-0.25, -0.2) is 13.1 Å². The molecule has 1 aromatic carbocycles. The summed E-state index contributed by atoms with van der Waals surface area (Å²) in [4.78, 5) is 27.8. The Bertz CT molecular complexity index is 889. The molecule has 29 heavy (non-hydrogen) atoms. The molecule has 0 bridgehead atoms. The van der Waals surface area contributed by atoms with Crippen molar-refractivity contribution in [1.29, 1.82) is 0 Å². The molecule has 2 aliphatic heterocycles. The molecule has 2 heterocycles. The number of benzene rings is 1. The summed E-state index contributed by atoms with van der Waals surface area (Å²) in [5.41, 5.74) is 0.453. The molecule has 2 fully saturated rings. The third kappa shape index (κ3) is 4.62. The zero-order valence-electron chi connectivity index (χ0n) is 16.4. The van der Waals surface area contributed by atoms with Crippen LogP contribution in [0.5, 0.6) is 0 Å². The van der Waals surface area contributed by atoms with Gasteiger partial charge in [-0.15, -0.1) is 11.8 Å². The molecule has 0 radical (unpaired) electrons. The number of thioether (sulfide) groups is 1. The van der Waals surface area contributed by atoms with Crippen molar-refractivity contribution in [3.05, 3.63) is 18.2 Å². The van der Waals surface area contributed by atoms with Gasteiger partial charge in [-0.1, -0.05) is 25.7 Å². The van der Waals surface area contributed by atoms with Crippen LogP contribution in [-0.4, -0.2) is 49.5 Å². The van der Waals surface area contributed by atoms with Gasteiger partial charge in [0.05, 0.1) is 10.6 Å². The van der Waals surface area contributed by atoms with Crippen molar-refractivity contribution in [2.45, 2.75) is 72.4 Å². The van der Waals surface area contributed by atoms with E-state index in [9.17, 15) is 18.0 Å². The Morgan fingerprint density at radius 1 is 1.07 bits per heavy atom. The quantitative estimate of drug-likeness (QED) is 0.558. The fourth-order valence-electron chi connectivity index (χ4n) is 4.21. The maximum atomic E-state index is 12.8. The van der Waals surface area contributed by atoms with Crippen molar-refractivity contribution in [3.63, 3.8) is 0 Å². The van der Waals surface area contributed by atoms with Gasteiger partial charge in [0, 0.05) is 24.0 Å². The Labute approximate surface area is 176 Å². The largest absolute Gasteiger partial charge is 0.341 e. The van der Waals surface area contributed by atoms with E-state index in [1.54, 1.807) is 17.0 Å². The third-order valence-electron chi connectivity index (χ3n) is 5.82. The highest BCUT2D eigenvalue weighted by Crippen LogP contribution is 2.38. The zero-order chi connectivity index (χ0) is 20.4. The van der Waals surface area contributed by atoms with E-state index in [0.29, 0.717) is 18.8 Å². The lowest BCUT2D eigenvalue weighted by Crippen LogP contribution is -2.43. The molecule has 2 N–H and O–H groups in total. The fraction of sp³-hybridized carbons (Fsp3) is 0.600. The minimum absolute atomic E-state index is 0.0371. The monoisotopic (exact) mass is 437 g/mol. The Morgan fingerprint density at radius 2 is 1.76 bits per heavy atom. The molecule has 1 saturated heterocycles. The zero-order valence-corrected chi connectivity index (χ0v) is 18.0. The van der Waals surface area contributed by atoms with E-state index in [-0.39, 0.29) is 22.8 Å². The number of rotatable bonds is 4. The Hall–Kier alpha value is -1.58. The first-order chi connectivity index (χ1) is 13.9. The first-order valence-corrected chi connectivity index (χ1v) is 12.7. The van der Waals surface area contributed by atoms with E-state index in [2.05, 4.69) is 10.0 Å². The molecule has 1 saturated carbocycles. The Balaban J connectivity index is 1.49. The molecule has 2 amide bonds. The average Bonchev–Trinajstić information content (AvgIpc) is 3.12. The number of hydrogen-bond acceptors (Lipinski definition) is 5. The first-order valence-electron chi connectivity index (χ1n) is 10.4. The van der Waals surface area contributed by atoms with Crippen LogP contribution in [0.2, 0.25) is 0 Å².